The van der Waals surface area contributed by atoms with Crippen molar-refractivity contribution in [3.05, 3.63) is 108 Å². The van der Waals surface area contributed by atoms with E-state index in [0.29, 0.717) is 42.7 Å². The van der Waals surface area contributed by atoms with Crippen LogP contribution in [0.15, 0.2) is 102 Å². The van der Waals surface area contributed by atoms with Gasteiger partial charge in [0, 0.05) is 80.2 Å². The van der Waals surface area contributed by atoms with E-state index in [0.717, 1.165) is 47.0 Å². The van der Waals surface area contributed by atoms with Crippen molar-refractivity contribution in [3.63, 3.8) is 0 Å². The van der Waals surface area contributed by atoms with Crippen LogP contribution in [-0.4, -0.2) is 69.7 Å². The Hall–Kier alpha value is -5.20. The number of hydrogen-bond acceptors (Lipinski definition) is 6. The van der Waals surface area contributed by atoms with E-state index in [1.807, 2.05) is 85.9 Å². The Kier molecular flexibility index (Phi) is 11.7. The molecular formula is C37H43N7O4S. The third-order valence-corrected chi connectivity index (χ3v) is 9.75. The fourth-order valence-electron chi connectivity index (χ4n) is 5.61. The quantitative estimate of drug-likeness (QED) is 0.0967. The van der Waals surface area contributed by atoms with Gasteiger partial charge in [-0.2, -0.15) is 5.10 Å². The number of aromatic amines is 1. The molecule has 5 rings (SSSR count). The summed E-state index contributed by atoms with van der Waals surface area (Å²) in [5.74, 6) is -0.174. The smallest absolute Gasteiger partial charge is 0.321 e. The molecule has 5 aromatic rings. The number of benzene rings is 4. The Morgan fingerprint density at radius 3 is 2.24 bits per heavy atom. The first-order chi connectivity index (χ1) is 23.6. The zero-order valence-corrected chi connectivity index (χ0v) is 28.9. The van der Waals surface area contributed by atoms with Gasteiger partial charge < -0.3 is 20.4 Å². The van der Waals surface area contributed by atoms with Gasteiger partial charge in [0.25, 0.3) is 5.91 Å². The maximum atomic E-state index is 13.1. The van der Waals surface area contributed by atoms with E-state index < -0.39 is 10.0 Å². The van der Waals surface area contributed by atoms with Crippen molar-refractivity contribution in [1.82, 2.24) is 25.1 Å². The van der Waals surface area contributed by atoms with Crippen LogP contribution in [0.1, 0.15) is 41.6 Å². The average Bonchev–Trinajstić information content (AvgIpc) is 3.64. The molecule has 256 valence electrons. The van der Waals surface area contributed by atoms with E-state index in [9.17, 15) is 18.0 Å². The van der Waals surface area contributed by atoms with E-state index in [1.165, 1.54) is 0 Å². The van der Waals surface area contributed by atoms with Gasteiger partial charge >= 0.3 is 6.03 Å². The molecule has 0 atom stereocenters. The molecule has 0 aliphatic carbocycles. The van der Waals surface area contributed by atoms with Crippen LogP contribution in [0.3, 0.4) is 0 Å². The second-order valence-electron chi connectivity index (χ2n) is 12.1. The van der Waals surface area contributed by atoms with Crippen molar-refractivity contribution < 1.29 is 18.0 Å². The third-order valence-electron chi connectivity index (χ3n) is 8.23. The molecule has 1 aromatic heterocycles. The largest absolute Gasteiger partial charge is 0.377 e. The SMILES string of the molecule is CN(Cc1cccc(C(=O)NCCCCCCNS(=O)(=O)c2cccc3c(N(C)C)cccc23)c1)C(=O)Nc1ccc(-c2cn[nH]c2)cc1. The van der Waals surface area contributed by atoms with Gasteiger partial charge in [0.15, 0.2) is 0 Å². The summed E-state index contributed by atoms with van der Waals surface area (Å²) in [6.45, 7) is 1.19. The highest BCUT2D eigenvalue weighted by molar-refractivity contribution is 7.89. The topological polar surface area (TPSA) is 140 Å². The Labute approximate surface area is 287 Å². The maximum Gasteiger partial charge on any atom is 0.321 e. The lowest BCUT2D eigenvalue weighted by atomic mass is 10.1. The van der Waals surface area contributed by atoms with Crippen molar-refractivity contribution in [2.45, 2.75) is 37.1 Å². The Balaban J connectivity index is 1.01. The van der Waals surface area contributed by atoms with Gasteiger partial charge in [-0.15, -0.1) is 0 Å². The molecule has 0 radical (unpaired) electrons. The molecule has 0 spiro atoms. The van der Waals surface area contributed by atoms with Crippen LogP contribution in [-0.2, 0) is 16.6 Å². The van der Waals surface area contributed by atoms with Gasteiger partial charge in [0.2, 0.25) is 10.0 Å². The van der Waals surface area contributed by atoms with Crippen LogP contribution in [0, 0.1) is 0 Å². The molecule has 0 unspecified atom stereocenters. The zero-order chi connectivity index (χ0) is 34.8. The van der Waals surface area contributed by atoms with Crippen LogP contribution >= 0.6 is 0 Å². The minimum Gasteiger partial charge on any atom is -0.377 e. The summed E-state index contributed by atoms with van der Waals surface area (Å²) in [4.78, 5) is 29.4. The molecule has 0 fully saturated rings. The van der Waals surface area contributed by atoms with Crippen LogP contribution in [0.2, 0.25) is 0 Å². The zero-order valence-electron chi connectivity index (χ0n) is 28.1. The second-order valence-corrected chi connectivity index (χ2v) is 13.9. The average molecular weight is 682 g/mol. The summed E-state index contributed by atoms with van der Waals surface area (Å²) < 4.78 is 29.0. The molecule has 3 amide bonds. The lowest BCUT2D eigenvalue weighted by Crippen LogP contribution is -2.31. The second kappa shape index (κ2) is 16.3. The summed E-state index contributed by atoms with van der Waals surface area (Å²) in [7, 11) is 1.92. The van der Waals surface area contributed by atoms with Crippen molar-refractivity contribution in [2.24, 2.45) is 0 Å². The van der Waals surface area contributed by atoms with E-state index in [1.54, 1.807) is 42.4 Å². The molecule has 0 bridgehead atoms. The van der Waals surface area contributed by atoms with E-state index >= 15 is 0 Å². The molecule has 49 heavy (non-hydrogen) atoms. The highest BCUT2D eigenvalue weighted by Gasteiger charge is 2.18. The van der Waals surface area contributed by atoms with Crippen LogP contribution in [0.4, 0.5) is 16.2 Å². The number of nitrogens with zero attached hydrogens (tertiary/aromatic N) is 3. The van der Waals surface area contributed by atoms with Crippen LogP contribution in [0.5, 0.6) is 0 Å². The Morgan fingerprint density at radius 2 is 1.51 bits per heavy atom. The number of fused-ring (bicyclic) bond motifs is 1. The number of aromatic nitrogens is 2. The number of carbonyl (C=O) groups excluding carboxylic acids is 2. The lowest BCUT2D eigenvalue weighted by Gasteiger charge is -2.18. The molecular weight excluding hydrogens is 639 g/mol. The number of unbranched alkanes of at least 4 members (excludes halogenated alkanes) is 3. The number of nitrogens with one attached hydrogen (secondary N) is 4. The molecule has 11 nitrogen and oxygen atoms in total. The molecule has 0 aliphatic heterocycles. The van der Waals surface area contributed by atoms with Gasteiger partial charge in [-0.1, -0.05) is 61.4 Å². The molecule has 0 aliphatic rings. The first-order valence-corrected chi connectivity index (χ1v) is 17.8. The predicted octanol–water partition coefficient (Wildman–Crippen LogP) is 6.23. The molecule has 0 saturated heterocycles. The van der Waals surface area contributed by atoms with E-state index in [-0.39, 0.29) is 16.8 Å². The lowest BCUT2D eigenvalue weighted by molar-refractivity contribution is 0.0952. The number of urea groups is 1. The van der Waals surface area contributed by atoms with E-state index in [2.05, 4.69) is 25.6 Å². The number of anilines is 2. The minimum atomic E-state index is -3.66. The summed E-state index contributed by atoms with van der Waals surface area (Å²) in [5.41, 5.74) is 4.97. The number of hydrogen-bond donors (Lipinski definition) is 4. The third kappa shape index (κ3) is 9.24. The number of carbonyl (C=O) groups is 2. The van der Waals surface area contributed by atoms with Gasteiger partial charge in [-0.05, 0) is 60.4 Å². The summed E-state index contributed by atoms with van der Waals surface area (Å²) in [5, 5.41) is 14.2. The number of amides is 3. The van der Waals surface area contributed by atoms with Crippen molar-refractivity contribution in [1.29, 1.82) is 0 Å². The Bertz CT molecular complexity index is 1980. The normalized spacial score (nSPS) is 11.3. The summed E-state index contributed by atoms with van der Waals surface area (Å²) in [6.07, 6.45) is 6.71. The predicted molar refractivity (Wildman–Crippen MR) is 195 cm³/mol. The minimum absolute atomic E-state index is 0.174. The Morgan fingerprint density at radius 1 is 0.796 bits per heavy atom. The maximum absolute atomic E-state index is 13.1. The first kappa shape index (κ1) is 35.1. The highest BCUT2D eigenvalue weighted by Crippen LogP contribution is 2.30. The molecule has 4 aromatic carbocycles. The fraction of sp³-hybridized carbons (Fsp3) is 0.270. The highest BCUT2D eigenvalue weighted by atomic mass is 32.2. The monoisotopic (exact) mass is 681 g/mol. The van der Waals surface area contributed by atoms with Crippen molar-refractivity contribution in [2.75, 3.05) is 44.4 Å². The van der Waals surface area contributed by atoms with Gasteiger partial charge in [0.05, 0.1) is 11.1 Å². The number of rotatable bonds is 15. The van der Waals surface area contributed by atoms with Gasteiger partial charge in [-0.3, -0.25) is 9.89 Å². The molecule has 12 heteroatoms. The van der Waals surface area contributed by atoms with Crippen LogP contribution in [0.25, 0.3) is 21.9 Å². The first-order valence-electron chi connectivity index (χ1n) is 16.3. The standard InChI is InChI=1S/C37H43N7O4S/c1-43(2)34-15-9-14-33-32(34)13-10-16-35(33)49(47,48)41-22-7-5-4-6-21-38-36(45)29-12-8-11-27(23-29)26-44(3)37(46)42-31-19-17-28(18-20-31)30-24-39-40-25-30/h8-20,23-25,41H,4-7,21-22,26H2,1-3H3,(H,38,45)(H,39,40)(H,42,46). The van der Waals surface area contributed by atoms with Gasteiger partial charge in [0.1, 0.15) is 0 Å². The number of H-pyrrole nitrogens is 1. The van der Waals surface area contributed by atoms with Crippen molar-refractivity contribution >= 4 is 44.1 Å². The summed E-state index contributed by atoms with van der Waals surface area (Å²) in [6, 6.07) is 25.5. The van der Waals surface area contributed by atoms with Gasteiger partial charge in [-0.25, -0.2) is 17.9 Å². The van der Waals surface area contributed by atoms with E-state index in [4.69, 9.17) is 0 Å². The molecule has 0 saturated carbocycles. The number of sulfonamides is 1. The van der Waals surface area contributed by atoms with Crippen molar-refractivity contribution in [3.8, 4) is 11.1 Å². The van der Waals surface area contributed by atoms with Crippen LogP contribution < -0.4 is 20.3 Å². The molecule has 4 N–H and O–H groups in total. The summed E-state index contributed by atoms with van der Waals surface area (Å²) >= 11 is 0. The fourth-order valence-corrected chi connectivity index (χ4v) is 6.90. The molecule has 1 heterocycles.